The van der Waals surface area contributed by atoms with Crippen LogP contribution in [-0.4, -0.2) is 17.6 Å². The molecule has 1 aliphatic rings. The van der Waals surface area contributed by atoms with E-state index in [9.17, 15) is 4.79 Å². The van der Waals surface area contributed by atoms with E-state index >= 15 is 0 Å². The molecule has 2 rings (SSSR count). The van der Waals surface area contributed by atoms with Crippen molar-refractivity contribution in [3.8, 4) is 0 Å². The summed E-state index contributed by atoms with van der Waals surface area (Å²) in [6.45, 7) is 4.51. The molecule has 2 unspecified atom stereocenters. The summed E-state index contributed by atoms with van der Waals surface area (Å²) in [7, 11) is 0. The first-order valence-electron chi connectivity index (χ1n) is 7.51. The fourth-order valence-electron chi connectivity index (χ4n) is 2.81. The molecule has 22 heavy (non-hydrogen) atoms. The van der Waals surface area contributed by atoms with Crippen LogP contribution in [0.15, 0.2) is 35.1 Å². The monoisotopic (exact) mass is 341 g/mol. The lowest BCUT2D eigenvalue weighted by atomic mass is 10.1. The summed E-state index contributed by atoms with van der Waals surface area (Å²) < 4.78 is 5.59. The number of ether oxygens (including phenoxy) is 1. The van der Waals surface area contributed by atoms with E-state index in [0.717, 1.165) is 19.3 Å². The third-order valence-electron chi connectivity index (χ3n) is 4.30. The summed E-state index contributed by atoms with van der Waals surface area (Å²) in [6.07, 6.45) is 8.14. The molecule has 0 saturated heterocycles. The Bertz CT molecular complexity index is 539. The van der Waals surface area contributed by atoms with Crippen LogP contribution in [0.2, 0.25) is 0 Å². The number of rotatable bonds is 7. The topological polar surface area (TPSA) is 39.2 Å². The molecule has 120 valence electrons. The number of aromatic nitrogens is 1. The minimum atomic E-state index is -0.151. The van der Waals surface area contributed by atoms with Crippen LogP contribution in [0.5, 0.6) is 0 Å². The first kappa shape index (κ1) is 17.3. The van der Waals surface area contributed by atoms with Crippen LogP contribution in [-0.2, 0) is 16.0 Å². The number of nitrogens with zero attached hydrogens (tertiary/aromatic N) is 1. The van der Waals surface area contributed by atoms with Crippen LogP contribution in [0.25, 0.3) is 0 Å². The highest BCUT2D eigenvalue weighted by atomic mass is 35.5. The van der Waals surface area contributed by atoms with Gasteiger partial charge in [0.05, 0.1) is 12.5 Å². The summed E-state index contributed by atoms with van der Waals surface area (Å²) in [5.74, 6) is -0.221. The third-order valence-corrected chi connectivity index (χ3v) is 4.55. The largest absolute Gasteiger partial charge is 0.465 e. The van der Waals surface area contributed by atoms with Gasteiger partial charge in [-0.1, -0.05) is 43.1 Å². The van der Waals surface area contributed by atoms with Gasteiger partial charge in [0, 0.05) is 12.4 Å². The van der Waals surface area contributed by atoms with E-state index < -0.39 is 0 Å². The zero-order valence-electron chi connectivity index (χ0n) is 12.9. The molecule has 1 heterocycles. The molecule has 1 aromatic rings. The molecule has 1 aliphatic carbocycles. The Balaban J connectivity index is 1.67. The quantitative estimate of drug-likeness (QED) is 0.539. The Kier molecular flexibility index (Phi) is 5.87. The van der Waals surface area contributed by atoms with Gasteiger partial charge in [0.25, 0.3) is 0 Å². The Labute approximate surface area is 141 Å². The highest BCUT2D eigenvalue weighted by Crippen LogP contribution is 2.60. The Morgan fingerprint density at radius 2 is 2.18 bits per heavy atom. The standard InChI is InChI=1S/C17H21Cl2NO2/c1-17(2)13(10-14(18)19)15(17)16(21)22-9-4-3-6-12-7-5-8-20-11-12/h5,7-8,10-11,13,15H,3-4,6,9H2,1-2H3. The molecule has 0 spiro atoms. The van der Waals surface area contributed by atoms with E-state index in [0.29, 0.717) is 6.61 Å². The molecule has 1 aromatic heterocycles. The second kappa shape index (κ2) is 7.47. The average Bonchev–Trinajstić information content (AvgIpc) is 2.99. The van der Waals surface area contributed by atoms with Gasteiger partial charge in [0.2, 0.25) is 0 Å². The first-order valence-corrected chi connectivity index (χ1v) is 8.27. The van der Waals surface area contributed by atoms with E-state index in [2.05, 4.69) is 11.1 Å². The molecule has 0 N–H and O–H groups in total. The summed E-state index contributed by atoms with van der Waals surface area (Å²) >= 11 is 11.4. The van der Waals surface area contributed by atoms with Crippen molar-refractivity contribution < 1.29 is 9.53 Å². The second-order valence-electron chi connectivity index (χ2n) is 6.27. The molecule has 1 saturated carbocycles. The number of carbonyl (C=O) groups excluding carboxylic acids is 1. The predicted molar refractivity (Wildman–Crippen MR) is 88.7 cm³/mol. The minimum Gasteiger partial charge on any atom is -0.465 e. The number of pyridine rings is 1. The summed E-state index contributed by atoms with van der Waals surface area (Å²) in [5, 5.41) is 0. The van der Waals surface area contributed by atoms with E-state index in [1.165, 1.54) is 5.56 Å². The van der Waals surface area contributed by atoms with Gasteiger partial charge in [0.15, 0.2) is 0 Å². The molecule has 0 aliphatic heterocycles. The van der Waals surface area contributed by atoms with Crippen molar-refractivity contribution in [2.45, 2.75) is 33.1 Å². The van der Waals surface area contributed by atoms with Crippen molar-refractivity contribution in [3.05, 3.63) is 40.7 Å². The molecule has 3 nitrogen and oxygen atoms in total. The maximum Gasteiger partial charge on any atom is 0.310 e. The first-order chi connectivity index (χ1) is 10.4. The Morgan fingerprint density at radius 3 is 2.82 bits per heavy atom. The van der Waals surface area contributed by atoms with E-state index in [-0.39, 0.29) is 27.7 Å². The lowest BCUT2D eigenvalue weighted by Gasteiger charge is -2.05. The summed E-state index contributed by atoms with van der Waals surface area (Å²) in [5.41, 5.74) is 1.08. The van der Waals surface area contributed by atoms with E-state index in [1.54, 1.807) is 12.3 Å². The number of allylic oxidation sites excluding steroid dienone is 1. The van der Waals surface area contributed by atoms with E-state index in [1.807, 2.05) is 26.1 Å². The summed E-state index contributed by atoms with van der Waals surface area (Å²) in [6, 6.07) is 3.98. The zero-order valence-corrected chi connectivity index (χ0v) is 14.4. The second-order valence-corrected chi connectivity index (χ2v) is 7.27. The Hall–Kier alpha value is -1.06. The van der Waals surface area contributed by atoms with Gasteiger partial charge in [-0.3, -0.25) is 9.78 Å². The van der Waals surface area contributed by atoms with Crippen molar-refractivity contribution in [2.24, 2.45) is 17.3 Å². The Morgan fingerprint density at radius 1 is 1.41 bits per heavy atom. The van der Waals surface area contributed by atoms with E-state index in [4.69, 9.17) is 27.9 Å². The lowest BCUT2D eigenvalue weighted by Crippen LogP contribution is -2.11. The molecule has 1 fully saturated rings. The van der Waals surface area contributed by atoms with Crippen LogP contribution in [0.4, 0.5) is 0 Å². The van der Waals surface area contributed by atoms with Gasteiger partial charge in [0.1, 0.15) is 4.49 Å². The van der Waals surface area contributed by atoms with Gasteiger partial charge < -0.3 is 4.74 Å². The SMILES string of the molecule is CC1(C)C(C=C(Cl)Cl)C1C(=O)OCCCCc1cccnc1. The van der Waals surface area contributed by atoms with Crippen molar-refractivity contribution in [1.29, 1.82) is 0 Å². The van der Waals surface area contributed by atoms with Crippen LogP contribution in [0, 0.1) is 17.3 Å². The third kappa shape index (κ3) is 4.47. The van der Waals surface area contributed by atoms with Crippen molar-refractivity contribution in [3.63, 3.8) is 0 Å². The van der Waals surface area contributed by atoms with Crippen LogP contribution < -0.4 is 0 Å². The van der Waals surface area contributed by atoms with Crippen molar-refractivity contribution in [2.75, 3.05) is 6.61 Å². The number of hydrogen-bond acceptors (Lipinski definition) is 3. The van der Waals surface area contributed by atoms with Gasteiger partial charge >= 0.3 is 5.97 Å². The normalized spacial score (nSPS) is 22.0. The zero-order chi connectivity index (χ0) is 16.2. The lowest BCUT2D eigenvalue weighted by molar-refractivity contribution is -0.146. The van der Waals surface area contributed by atoms with Gasteiger partial charge in [-0.25, -0.2) is 0 Å². The summed E-state index contributed by atoms with van der Waals surface area (Å²) in [4.78, 5) is 16.2. The van der Waals surface area contributed by atoms with Crippen molar-refractivity contribution in [1.82, 2.24) is 4.98 Å². The molecule has 2 atom stereocenters. The van der Waals surface area contributed by atoms with Crippen LogP contribution in [0.1, 0.15) is 32.3 Å². The molecule has 0 amide bonds. The number of esters is 1. The number of hydrogen-bond donors (Lipinski definition) is 0. The predicted octanol–water partition coefficient (Wildman–Crippen LogP) is 4.54. The smallest absolute Gasteiger partial charge is 0.310 e. The fourth-order valence-corrected chi connectivity index (χ4v) is 3.09. The number of aryl methyl sites for hydroxylation is 1. The van der Waals surface area contributed by atoms with Crippen LogP contribution in [0.3, 0.4) is 0 Å². The highest BCUT2D eigenvalue weighted by Gasteiger charge is 2.61. The van der Waals surface area contributed by atoms with Crippen LogP contribution >= 0.6 is 23.2 Å². The number of unbranched alkanes of at least 4 members (excludes halogenated alkanes) is 1. The molecule has 5 heteroatoms. The molecular weight excluding hydrogens is 321 g/mol. The van der Waals surface area contributed by atoms with Crippen molar-refractivity contribution >= 4 is 29.2 Å². The minimum absolute atomic E-state index is 0.0698. The fraction of sp³-hybridized carbons (Fsp3) is 0.529. The number of halogens is 2. The maximum absolute atomic E-state index is 12.1. The molecular formula is C17H21Cl2NO2. The van der Waals surface area contributed by atoms with Gasteiger partial charge in [-0.2, -0.15) is 0 Å². The average molecular weight is 342 g/mol. The van der Waals surface area contributed by atoms with Gasteiger partial charge in [-0.15, -0.1) is 0 Å². The number of carbonyl (C=O) groups is 1. The van der Waals surface area contributed by atoms with Gasteiger partial charge in [-0.05, 0) is 48.3 Å². The molecule has 0 radical (unpaired) electrons. The molecule has 0 aromatic carbocycles. The maximum atomic E-state index is 12.1. The molecule has 0 bridgehead atoms. The highest BCUT2D eigenvalue weighted by molar-refractivity contribution is 6.55.